The number of carbonyl (C=O) groups is 1. The summed E-state index contributed by atoms with van der Waals surface area (Å²) in [4.78, 5) is 14.9. The molecule has 0 aliphatic heterocycles. The summed E-state index contributed by atoms with van der Waals surface area (Å²) in [7, 11) is 0. The Kier molecular flexibility index (Phi) is 3.52. The van der Waals surface area contributed by atoms with E-state index in [1.54, 1.807) is 30.5 Å². The van der Waals surface area contributed by atoms with Crippen LogP contribution >= 0.6 is 0 Å². The van der Waals surface area contributed by atoms with Crippen LogP contribution in [0.5, 0.6) is 0 Å². The Labute approximate surface area is 104 Å². The van der Waals surface area contributed by atoms with Gasteiger partial charge in [0.25, 0.3) is 0 Å². The Hall–Kier alpha value is -2.43. The Morgan fingerprint density at radius 1 is 1.11 bits per heavy atom. The molecular weight excluding hydrogens is 233 g/mol. The number of hydrogen-bond donors (Lipinski definition) is 2. The van der Waals surface area contributed by atoms with Crippen LogP contribution in [0, 0.1) is 5.82 Å². The van der Waals surface area contributed by atoms with E-state index in [1.165, 1.54) is 19.1 Å². The zero-order chi connectivity index (χ0) is 13.0. The maximum atomic E-state index is 12.7. The zero-order valence-corrected chi connectivity index (χ0v) is 9.77. The molecule has 1 aromatic carbocycles. The number of halogens is 1. The van der Waals surface area contributed by atoms with Gasteiger partial charge in [0.1, 0.15) is 11.6 Å². The lowest BCUT2D eigenvalue weighted by Gasteiger charge is -2.07. The SMILES string of the molecule is CC(=O)Nc1ccc(Nc2ccc(F)cc2)cn1. The topological polar surface area (TPSA) is 54.0 Å². The van der Waals surface area contributed by atoms with Crippen LogP contribution in [-0.2, 0) is 4.79 Å². The number of carbonyl (C=O) groups excluding carboxylic acids is 1. The second-order valence-electron chi connectivity index (χ2n) is 3.75. The van der Waals surface area contributed by atoms with E-state index in [2.05, 4.69) is 15.6 Å². The number of aromatic nitrogens is 1. The normalized spacial score (nSPS) is 9.89. The molecule has 1 heterocycles. The monoisotopic (exact) mass is 245 g/mol. The Balaban J connectivity index is 2.06. The van der Waals surface area contributed by atoms with Crippen molar-refractivity contribution in [1.82, 2.24) is 4.98 Å². The summed E-state index contributed by atoms with van der Waals surface area (Å²) in [6.07, 6.45) is 1.59. The van der Waals surface area contributed by atoms with Gasteiger partial charge in [-0.3, -0.25) is 4.79 Å². The number of nitrogens with one attached hydrogen (secondary N) is 2. The van der Waals surface area contributed by atoms with Gasteiger partial charge in [-0.15, -0.1) is 0 Å². The Morgan fingerprint density at radius 2 is 1.78 bits per heavy atom. The van der Waals surface area contributed by atoms with Gasteiger partial charge in [-0.25, -0.2) is 9.37 Å². The van der Waals surface area contributed by atoms with Crippen LogP contribution in [0.3, 0.4) is 0 Å². The summed E-state index contributed by atoms with van der Waals surface area (Å²) in [5.74, 6) is 0.0496. The predicted octanol–water partition coefficient (Wildman–Crippen LogP) is 2.92. The minimum Gasteiger partial charge on any atom is -0.354 e. The first kappa shape index (κ1) is 12.0. The number of pyridine rings is 1. The highest BCUT2D eigenvalue weighted by atomic mass is 19.1. The molecule has 18 heavy (non-hydrogen) atoms. The second-order valence-corrected chi connectivity index (χ2v) is 3.75. The predicted molar refractivity (Wildman–Crippen MR) is 68.2 cm³/mol. The van der Waals surface area contributed by atoms with E-state index in [0.29, 0.717) is 5.82 Å². The average molecular weight is 245 g/mol. The van der Waals surface area contributed by atoms with Crippen LogP contribution in [0.4, 0.5) is 21.6 Å². The van der Waals surface area contributed by atoms with E-state index >= 15 is 0 Å². The minimum atomic E-state index is -0.278. The van der Waals surface area contributed by atoms with E-state index < -0.39 is 0 Å². The molecule has 0 aliphatic carbocycles. The van der Waals surface area contributed by atoms with Gasteiger partial charge in [-0.1, -0.05) is 0 Å². The molecule has 0 saturated carbocycles. The van der Waals surface area contributed by atoms with Crippen molar-refractivity contribution in [2.45, 2.75) is 6.92 Å². The molecule has 0 bridgehead atoms. The van der Waals surface area contributed by atoms with Crippen molar-refractivity contribution in [3.05, 3.63) is 48.4 Å². The lowest BCUT2D eigenvalue weighted by Crippen LogP contribution is -2.07. The molecule has 0 atom stereocenters. The van der Waals surface area contributed by atoms with Crippen LogP contribution in [0.25, 0.3) is 0 Å². The standard InChI is InChI=1S/C13H12FN3O/c1-9(18)16-13-7-6-12(8-15-13)17-11-4-2-10(14)3-5-11/h2-8,17H,1H3,(H,15,16,18). The molecule has 0 aliphatic rings. The van der Waals surface area contributed by atoms with E-state index in [-0.39, 0.29) is 11.7 Å². The molecular formula is C13H12FN3O. The summed E-state index contributed by atoms with van der Waals surface area (Å²) in [5.41, 5.74) is 1.53. The lowest BCUT2D eigenvalue weighted by molar-refractivity contribution is -0.114. The van der Waals surface area contributed by atoms with Gasteiger partial charge in [0.15, 0.2) is 0 Å². The number of nitrogens with zero attached hydrogens (tertiary/aromatic N) is 1. The highest BCUT2D eigenvalue weighted by Crippen LogP contribution is 2.17. The van der Waals surface area contributed by atoms with E-state index in [1.807, 2.05) is 0 Å². The second kappa shape index (κ2) is 5.27. The molecule has 2 rings (SSSR count). The van der Waals surface area contributed by atoms with Crippen LogP contribution in [0.2, 0.25) is 0 Å². The van der Waals surface area contributed by atoms with Crippen molar-refractivity contribution in [3.8, 4) is 0 Å². The fraction of sp³-hybridized carbons (Fsp3) is 0.0769. The molecule has 1 amide bonds. The summed E-state index contributed by atoms with van der Waals surface area (Å²) >= 11 is 0. The van der Waals surface area contributed by atoms with Crippen LogP contribution in [0.15, 0.2) is 42.6 Å². The number of anilines is 3. The van der Waals surface area contributed by atoms with Crippen LogP contribution < -0.4 is 10.6 Å². The zero-order valence-electron chi connectivity index (χ0n) is 9.77. The molecule has 2 aromatic rings. The maximum Gasteiger partial charge on any atom is 0.222 e. The summed E-state index contributed by atoms with van der Waals surface area (Å²) in [6.45, 7) is 1.42. The number of rotatable bonds is 3. The third-order valence-electron chi connectivity index (χ3n) is 2.20. The van der Waals surface area contributed by atoms with Gasteiger partial charge < -0.3 is 10.6 Å². The van der Waals surface area contributed by atoms with Crippen molar-refractivity contribution < 1.29 is 9.18 Å². The molecule has 0 radical (unpaired) electrons. The molecule has 0 spiro atoms. The molecule has 92 valence electrons. The largest absolute Gasteiger partial charge is 0.354 e. The van der Waals surface area contributed by atoms with E-state index in [0.717, 1.165) is 11.4 Å². The number of benzene rings is 1. The van der Waals surface area contributed by atoms with Crippen molar-refractivity contribution in [3.63, 3.8) is 0 Å². The smallest absolute Gasteiger partial charge is 0.222 e. The van der Waals surface area contributed by atoms with E-state index in [9.17, 15) is 9.18 Å². The van der Waals surface area contributed by atoms with Gasteiger partial charge in [-0.2, -0.15) is 0 Å². The Morgan fingerprint density at radius 3 is 2.33 bits per heavy atom. The first-order valence-corrected chi connectivity index (χ1v) is 5.40. The highest BCUT2D eigenvalue weighted by Gasteiger charge is 1.98. The summed E-state index contributed by atoms with van der Waals surface area (Å²) in [5, 5.41) is 5.65. The molecule has 2 N–H and O–H groups in total. The minimum absolute atomic E-state index is 0.165. The van der Waals surface area contributed by atoms with Gasteiger partial charge in [0, 0.05) is 12.6 Å². The van der Waals surface area contributed by atoms with Gasteiger partial charge >= 0.3 is 0 Å². The van der Waals surface area contributed by atoms with Gasteiger partial charge in [-0.05, 0) is 36.4 Å². The fourth-order valence-corrected chi connectivity index (χ4v) is 1.42. The molecule has 4 nitrogen and oxygen atoms in total. The van der Waals surface area contributed by atoms with Crippen molar-refractivity contribution in [2.24, 2.45) is 0 Å². The quantitative estimate of drug-likeness (QED) is 0.874. The molecule has 0 saturated heterocycles. The van der Waals surface area contributed by atoms with Crippen molar-refractivity contribution >= 4 is 23.1 Å². The first-order chi connectivity index (χ1) is 8.63. The molecule has 0 unspecified atom stereocenters. The molecule has 1 aromatic heterocycles. The van der Waals surface area contributed by atoms with Crippen molar-refractivity contribution in [1.29, 1.82) is 0 Å². The third kappa shape index (κ3) is 3.28. The average Bonchev–Trinajstić information content (AvgIpc) is 2.34. The maximum absolute atomic E-state index is 12.7. The first-order valence-electron chi connectivity index (χ1n) is 5.40. The fourth-order valence-electron chi connectivity index (χ4n) is 1.42. The lowest BCUT2D eigenvalue weighted by atomic mass is 10.3. The van der Waals surface area contributed by atoms with E-state index in [4.69, 9.17) is 0 Å². The highest BCUT2D eigenvalue weighted by molar-refractivity contribution is 5.87. The van der Waals surface area contributed by atoms with Crippen LogP contribution in [-0.4, -0.2) is 10.9 Å². The molecule has 0 fully saturated rings. The van der Waals surface area contributed by atoms with Gasteiger partial charge in [0.05, 0.1) is 11.9 Å². The number of amides is 1. The number of hydrogen-bond acceptors (Lipinski definition) is 3. The van der Waals surface area contributed by atoms with Crippen molar-refractivity contribution in [2.75, 3.05) is 10.6 Å². The van der Waals surface area contributed by atoms with Crippen LogP contribution in [0.1, 0.15) is 6.92 Å². The Bertz CT molecular complexity index is 537. The third-order valence-corrected chi connectivity index (χ3v) is 2.20. The molecule has 5 heteroatoms. The summed E-state index contributed by atoms with van der Waals surface area (Å²) < 4.78 is 12.7. The summed E-state index contributed by atoms with van der Waals surface area (Å²) in [6, 6.07) is 9.49. The van der Waals surface area contributed by atoms with Gasteiger partial charge in [0.2, 0.25) is 5.91 Å².